The van der Waals surface area contributed by atoms with Gasteiger partial charge in [-0.3, -0.25) is 4.79 Å². The summed E-state index contributed by atoms with van der Waals surface area (Å²) in [4.78, 5) is 25.2. The van der Waals surface area contributed by atoms with Crippen LogP contribution in [0, 0.1) is 17.2 Å². The zero-order chi connectivity index (χ0) is 14.7. The first-order valence-corrected chi connectivity index (χ1v) is 6.57. The van der Waals surface area contributed by atoms with E-state index in [1.54, 1.807) is 18.2 Å². The lowest BCUT2D eigenvalue weighted by atomic mass is 9.92. The molecule has 1 fully saturated rings. The molecule has 2 atom stereocenters. The van der Waals surface area contributed by atoms with Crippen LogP contribution in [0.15, 0.2) is 24.3 Å². The van der Waals surface area contributed by atoms with Crippen molar-refractivity contribution in [3.05, 3.63) is 35.4 Å². The van der Waals surface area contributed by atoms with E-state index in [0.717, 1.165) is 6.42 Å². The van der Waals surface area contributed by atoms with Gasteiger partial charge >= 0.3 is 5.97 Å². The van der Waals surface area contributed by atoms with Crippen LogP contribution in [0.25, 0.3) is 0 Å². The number of hydrogen-bond donors (Lipinski definition) is 1. The number of carboxylic acids is 1. The van der Waals surface area contributed by atoms with E-state index in [1.807, 2.05) is 13.0 Å². The van der Waals surface area contributed by atoms with E-state index in [4.69, 9.17) is 5.26 Å². The summed E-state index contributed by atoms with van der Waals surface area (Å²) >= 11 is 0. The van der Waals surface area contributed by atoms with Crippen LogP contribution in [0.2, 0.25) is 0 Å². The van der Waals surface area contributed by atoms with Gasteiger partial charge in [0.15, 0.2) is 0 Å². The van der Waals surface area contributed by atoms with Gasteiger partial charge in [0.05, 0.1) is 11.6 Å². The number of carbonyl (C=O) groups excluding carboxylic acids is 1. The van der Waals surface area contributed by atoms with Gasteiger partial charge in [-0.2, -0.15) is 5.26 Å². The van der Waals surface area contributed by atoms with Gasteiger partial charge in [-0.15, -0.1) is 0 Å². The molecule has 1 saturated heterocycles. The topological polar surface area (TPSA) is 81.4 Å². The van der Waals surface area contributed by atoms with Crippen molar-refractivity contribution in [1.82, 2.24) is 4.90 Å². The third kappa shape index (κ3) is 2.80. The number of likely N-dealkylation sites (tertiary alicyclic amines) is 1. The van der Waals surface area contributed by atoms with E-state index >= 15 is 0 Å². The second-order valence-corrected chi connectivity index (χ2v) is 5.17. The summed E-state index contributed by atoms with van der Waals surface area (Å²) in [5.41, 5.74) is 0.762. The van der Waals surface area contributed by atoms with Crippen molar-refractivity contribution in [2.24, 2.45) is 5.92 Å². The zero-order valence-electron chi connectivity index (χ0n) is 11.2. The van der Waals surface area contributed by atoms with E-state index in [9.17, 15) is 14.7 Å². The number of nitriles is 1. The smallest absolute Gasteiger partial charge is 0.326 e. The van der Waals surface area contributed by atoms with Crippen molar-refractivity contribution >= 4 is 11.9 Å². The zero-order valence-corrected chi connectivity index (χ0v) is 11.2. The van der Waals surface area contributed by atoms with Crippen LogP contribution < -0.4 is 0 Å². The predicted molar refractivity (Wildman–Crippen MR) is 72.0 cm³/mol. The molecule has 0 radical (unpaired) electrons. The number of carbonyl (C=O) groups is 2. The van der Waals surface area contributed by atoms with Crippen molar-refractivity contribution in [2.75, 3.05) is 6.54 Å². The Labute approximate surface area is 117 Å². The number of hydrogen-bond acceptors (Lipinski definition) is 3. The second kappa shape index (κ2) is 5.74. The third-order valence-electron chi connectivity index (χ3n) is 3.65. The first kappa shape index (κ1) is 14.1. The SMILES string of the molecule is CC1CCN(C(=O)c2cccc(C#N)c2)C(C(=O)O)C1. The summed E-state index contributed by atoms with van der Waals surface area (Å²) in [6.07, 6.45) is 1.27. The summed E-state index contributed by atoms with van der Waals surface area (Å²) in [7, 11) is 0. The van der Waals surface area contributed by atoms with Crippen LogP contribution in [0.1, 0.15) is 35.7 Å². The van der Waals surface area contributed by atoms with Gasteiger partial charge in [-0.1, -0.05) is 13.0 Å². The van der Waals surface area contributed by atoms with Gasteiger partial charge < -0.3 is 10.0 Å². The van der Waals surface area contributed by atoms with Gasteiger partial charge in [0.25, 0.3) is 5.91 Å². The van der Waals surface area contributed by atoms with Crippen LogP contribution in [0.3, 0.4) is 0 Å². The van der Waals surface area contributed by atoms with E-state index in [2.05, 4.69) is 0 Å². The van der Waals surface area contributed by atoms with Gasteiger partial charge in [-0.25, -0.2) is 4.79 Å². The minimum atomic E-state index is -0.971. The molecule has 1 aliphatic rings. The van der Waals surface area contributed by atoms with Gasteiger partial charge in [0.1, 0.15) is 6.04 Å². The molecule has 1 N–H and O–H groups in total. The van der Waals surface area contributed by atoms with Crippen molar-refractivity contribution < 1.29 is 14.7 Å². The minimum absolute atomic E-state index is 0.297. The second-order valence-electron chi connectivity index (χ2n) is 5.17. The van der Waals surface area contributed by atoms with Crippen LogP contribution in [-0.4, -0.2) is 34.5 Å². The van der Waals surface area contributed by atoms with E-state index in [0.29, 0.717) is 30.0 Å². The number of carboxylic acid groups (broad SMARTS) is 1. The Morgan fingerprint density at radius 2 is 2.20 bits per heavy atom. The first-order valence-electron chi connectivity index (χ1n) is 6.57. The number of rotatable bonds is 2. The van der Waals surface area contributed by atoms with Crippen molar-refractivity contribution in [1.29, 1.82) is 5.26 Å². The quantitative estimate of drug-likeness (QED) is 0.891. The summed E-state index contributed by atoms with van der Waals surface area (Å²) in [6.45, 7) is 2.43. The molecule has 5 nitrogen and oxygen atoms in total. The maximum Gasteiger partial charge on any atom is 0.326 e. The Morgan fingerprint density at radius 1 is 1.45 bits per heavy atom. The maximum atomic E-state index is 12.4. The first-order chi connectivity index (χ1) is 9.52. The van der Waals surface area contributed by atoms with E-state index in [-0.39, 0.29) is 5.91 Å². The van der Waals surface area contributed by atoms with E-state index < -0.39 is 12.0 Å². The van der Waals surface area contributed by atoms with Crippen molar-refractivity contribution in [2.45, 2.75) is 25.8 Å². The molecule has 1 heterocycles. The summed E-state index contributed by atoms with van der Waals surface area (Å²) in [6, 6.07) is 7.56. The highest BCUT2D eigenvalue weighted by molar-refractivity contribution is 5.97. The molecule has 0 aromatic heterocycles. The fraction of sp³-hybridized carbons (Fsp3) is 0.400. The number of benzene rings is 1. The third-order valence-corrected chi connectivity index (χ3v) is 3.65. The fourth-order valence-corrected chi connectivity index (χ4v) is 2.51. The molecule has 1 amide bonds. The molecule has 2 rings (SSSR count). The molecule has 0 saturated carbocycles. The molecular formula is C15H16N2O3. The lowest BCUT2D eigenvalue weighted by Crippen LogP contribution is -2.49. The van der Waals surface area contributed by atoms with Gasteiger partial charge in [-0.05, 0) is 37.0 Å². The largest absolute Gasteiger partial charge is 0.480 e. The Balaban J connectivity index is 2.26. The highest BCUT2D eigenvalue weighted by Crippen LogP contribution is 2.24. The lowest BCUT2D eigenvalue weighted by molar-refractivity contribution is -0.144. The molecule has 1 aliphatic heterocycles. The molecule has 0 spiro atoms. The van der Waals surface area contributed by atoms with Crippen LogP contribution in [0.4, 0.5) is 0 Å². The van der Waals surface area contributed by atoms with E-state index in [1.165, 1.54) is 11.0 Å². The average molecular weight is 272 g/mol. The standard InChI is InChI=1S/C15H16N2O3/c1-10-5-6-17(13(7-10)15(19)20)14(18)12-4-2-3-11(8-12)9-16/h2-4,8,10,13H,5-7H2,1H3,(H,19,20). The Hall–Kier alpha value is -2.35. The predicted octanol–water partition coefficient (Wildman–Crippen LogP) is 1.88. The Morgan fingerprint density at radius 3 is 2.85 bits per heavy atom. The highest BCUT2D eigenvalue weighted by atomic mass is 16.4. The lowest BCUT2D eigenvalue weighted by Gasteiger charge is -2.36. The van der Waals surface area contributed by atoms with Crippen LogP contribution in [-0.2, 0) is 4.79 Å². The molecule has 1 aromatic rings. The maximum absolute atomic E-state index is 12.4. The number of nitrogens with zero attached hydrogens (tertiary/aromatic N) is 2. The monoisotopic (exact) mass is 272 g/mol. The minimum Gasteiger partial charge on any atom is -0.480 e. The highest BCUT2D eigenvalue weighted by Gasteiger charge is 2.35. The molecule has 2 unspecified atom stereocenters. The Bertz CT molecular complexity index is 577. The number of amides is 1. The average Bonchev–Trinajstić information content (AvgIpc) is 2.46. The van der Waals surface area contributed by atoms with Crippen LogP contribution >= 0.6 is 0 Å². The molecule has 104 valence electrons. The van der Waals surface area contributed by atoms with Gasteiger partial charge in [0.2, 0.25) is 0 Å². The Kier molecular flexibility index (Phi) is 4.04. The fourth-order valence-electron chi connectivity index (χ4n) is 2.51. The molecule has 0 aliphatic carbocycles. The molecule has 1 aromatic carbocycles. The normalized spacial score (nSPS) is 22.1. The summed E-state index contributed by atoms with van der Waals surface area (Å²) < 4.78 is 0. The molecular weight excluding hydrogens is 256 g/mol. The number of aliphatic carboxylic acids is 1. The van der Waals surface area contributed by atoms with Crippen molar-refractivity contribution in [3.8, 4) is 6.07 Å². The summed E-state index contributed by atoms with van der Waals surface area (Å²) in [5.74, 6) is -0.992. The van der Waals surface area contributed by atoms with Crippen LogP contribution in [0.5, 0.6) is 0 Å². The molecule has 5 heteroatoms. The molecule has 0 bridgehead atoms. The molecule has 20 heavy (non-hydrogen) atoms. The van der Waals surface area contributed by atoms with Crippen molar-refractivity contribution in [3.63, 3.8) is 0 Å². The summed E-state index contributed by atoms with van der Waals surface area (Å²) in [5, 5.41) is 18.1. The number of piperidine rings is 1. The van der Waals surface area contributed by atoms with Gasteiger partial charge in [0, 0.05) is 12.1 Å².